The summed E-state index contributed by atoms with van der Waals surface area (Å²) in [6.07, 6.45) is 5.18. The van der Waals surface area contributed by atoms with Gasteiger partial charge in [-0.15, -0.1) is 0 Å². The molecule has 0 atom stereocenters. The van der Waals surface area contributed by atoms with Gasteiger partial charge in [0.1, 0.15) is 5.76 Å². The van der Waals surface area contributed by atoms with Gasteiger partial charge in [0.2, 0.25) is 5.95 Å². The summed E-state index contributed by atoms with van der Waals surface area (Å²) in [6, 6.07) is 18.9. The highest BCUT2D eigenvalue weighted by Crippen LogP contribution is 2.25. The molecule has 3 aromatic heterocycles. The third kappa shape index (κ3) is 6.62. The number of aryl methyl sites for hydroxylation is 2. The van der Waals surface area contributed by atoms with Gasteiger partial charge in [-0.3, -0.25) is 14.7 Å². The van der Waals surface area contributed by atoms with Crippen molar-refractivity contribution < 1.29 is 13.6 Å². The van der Waals surface area contributed by atoms with Gasteiger partial charge in [-0.05, 0) is 74.0 Å². The number of piperazine rings is 1. The molecule has 2 N–H and O–H groups in total. The Labute approximate surface area is 248 Å². The standard InChI is InChI=1S/C32H31N7O4/c1-21-5-8-25(18-28(21)37-31-34-13-11-27(36-31)24-4-3-12-33-19-24)35-30(40)23-6-9-26(10-7-23)39-16-14-38(15-17-39)20-29-22(2)42-32(41)43-29/h3-13,18-19H,14-17,20H2,1-2H3,(H,35,40)(H,34,36,37). The van der Waals surface area contributed by atoms with Crippen molar-refractivity contribution in [2.24, 2.45) is 0 Å². The van der Waals surface area contributed by atoms with E-state index in [4.69, 9.17) is 8.83 Å². The second-order valence-corrected chi connectivity index (χ2v) is 10.4. The quantitative estimate of drug-likeness (QED) is 0.259. The van der Waals surface area contributed by atoms with Crippen molar-refractivity contribution in [3.05, 3.63) is 113 Å². The molecule has 5 aromatic rings. The summed E-state index contributed by atoms with van der Waals surface area (Å²) in [4.78, 5) is 42.0. The van der Waals surface area contributed by atoms with Crippen molar-refractivity contribution in [1.82, 2.24) is 19.9 Å². The smallest absolute Gasteiger partial charge is 0.396 e. The van der Waals surface area contributed by atoms with Gasteiger partial charge in [-0.2, -0.15) is 0 Å². The van der Waals surface area contributed by atoms with Gasteiger partial charge in [-0.1, -0.05) is 6.07 Å². The lowest BCUT2D eigenvalue weighted by molar-refractivity contribution is 0.102. The number of rotatable bonds is 8. The van der Waals surface area contributed by atoms with Crippen LogP contribution in [0.15, 0.2) is 92.9 Å². The van der Waals surface area contributed by atoms with E-state index in [1.54, 1.807) is 25.5 Å². The monoisotopic (exact) mass is 577 g/mol. The number of benzene rings is 2. The average molecular weight is 578 g/mol. The van der Waals surface area contributed by atoms with Crippen molar-refractivity contribution in [2.75, 3.05) is 41.7 Å². The Hall–Kier alpha value is -5.29. The van der Waals surface area contributed by atoms with Crippen LogP contribution in [0.5, 0.6) is 0 Å². The molecule has 1 amide bonds. The Kier molecular flexibility index (Phi) is 7.96. The van der Waals surface area contributed by atoms with Gasteiger partial charge >= 0.3 is 5.82 Å². The molecule has 1 fully saturated rings. The molecule has 0 radical (unpaired) electrons. The number of nitrogens with one attached hydrogen (secondary N) is 2. The van der Waals surface area contributed by atoms with E-state index < -0.39 is 5.82 Å². The fourth-order valence-electron chi connectivity index (χ4n) is 4.96. The molecule has 11 nitrogen and oxygen atoms in total. The van der Waals surface area contributed by atoms with Crippen molar-refractivity contribution in [2.45, 2.75) is 20.4 Å². The molecule has 0 saturated carbocycles. The summed E-state index contributed by atoms with van der Waals surface area (Å²) in [5, 5.41) is 6.27. The maximum Gasteiger partial charge on any atom is 0.519 e. The van der Waals surface area contributed by atoms with Gasteiger partial charge < -0.3 is 24.4 Å². The Morgan fingerprint density at radius 1 is 0.953 bits per heavy atom. The molecule has 218 valence electrons. The third-order valence-corrected chi connectivity index (χ3v) is 7.42. The van der Waals surface area contributed by atoms with Crippen molar-refractivity contribution >= 4 is 28.9 Å². The zero-order valence-corrected chi connectivity index (χ0v) is 23.9. The van der Waals surface area contributed by atoms with Crippen molar-refractivity contribution in [1.29, 1.82) is 0 Å². The highest BCUT2D eigenvalue weighted by molar-refractivity contribution is 6.04. The molecule has 2 aromatic carbocycles. The van der Waals surface area contributed by atoms with E-state index in [1.165, 1.54) is 0 Å². The topological polar surface area (TPSA) is 130 Å². The fraction of sp³-hybridized carbons (Fsp3) is 0.219. The summed E-state index contributed by atoms with van der Waals surface area (Å²) in [7, 11) is 0. The van der Waals surface area contributed by atoms with Crippen LogP contribution in [0, 0.1) is 13.8 Å². The number of pyridine rings is 1. The van der Waals surface area contributed by atoms with Gasteiger partial charge in [-0.25, -0.2) is 14.8 Å². The zero-order valence-electron chi connectivity index (χ0n) is 23.9. The number of amides is 1. The number of hydrogen-bond donors (Lipinski definition) is 2. The lowest BCUT2D eigenvalue weighted by atomic mass is 10.1. The summed E-state index contributed by atoms with van der Waals surface area (Å²) in [6.45, 7) is 7.54. The van der Waals surface area contributed by atoms with Crippen LogP contribution in [0.25, 0.3) is 11.3 Å². The highest BCUT2D eigenvalue weighted by Gasteiger charge is 2.20. The minimum absolute atomic E-state index is 0.196. The molecule has 0 unspecified atom stereocenters. The average Bonchev–Trinajstić information content (AvgIpc) is 3.35. The van der Waals surface area contributed by atoms with Crippen molar-refractivity contribution in [3.63, 3.8) is 0 Å². The molecule has 0 bridgehead atoms. The Morgan fingerprint density at radius 2 is 1.77 bits per heavy atom. The maximum atomic E-state index is 13.1. The Morgan fingerprint density at radius 3 is 2.49 bits per heavy atom. The molecule has 0 spiro atoms. The van der Waals surface area contributed by atoms with Crippen LogP contribution in [0.4, 0.5) is 23.0 Å². The largest absolute Gasteiger partial charge is 0.519 e. The summed E-state index contributed by atoms with van der Waals surface area (Å²) >= 11 is 0. The van der Waals surface area contributed by atoms with Crippen LogP contribution in [0.1, 0.15) is 27.4 Å². The first-order valence-corrected chi connectivity index (χ1v) is 14.0. The molecule has 0 aliphatic carbocycles. The molecule has 1 aliphatic rings. The molecule has 11 heteroatoms. The molecule has 1 saturated heterocycles. The number of carbonyl (C=O) groups is 1. The first-order valence-electron chi connectivity index (χ1n) is 14.0. The second-order valence-electron chi connectivity index (χ2n) is 10.4. The minimum atomic E-state index is -0.660. The molecule has 43 heavy (non-hydrogen) atoms. The van der Waals surface area contributed by atoms with Gasteiger partial charge in [0.05, 0.1) is 12.2 Å². The molecular formula is C32H31N7O4. The Balaban J connectivity index is 1.06. The Bertz CT molecular complexity index is 1780. The highest BCUT2D eigenvalue weighted by atomic mass is 16.6. The van der Waals surface area contributed by atoms with Crippen LogP contribution >= 0.6 is 0 Å². The second kappa shape index (κ2) is 12.3. The van der Waals surface area contributed by atoms with Gasteiger partial charge in [0.15, 0.2) is 5.76 Å². The first-order chi connectivity index (χ1) is 20.9. The van der Waals surface area contributed by atoms with E-state index in [1.807, 2.05) is 67.6 Å². The third-order valence-electron chi connectivity index (χ3n) is 7.42. The van der Waals surface area contributed by atoms with E-state index in [2.05, 4.69) is 35.4 Å². The summed E-state index contributed by atoms with van der Waals surface area (Å²) in [5.41, 5.74) is 5.72. The van der Waals surface area contributed by atoms with E-state index in [9.17, 15) is 9.59 Å². The van der Waals surface area contributed by atoms with Crippen molar-refractivity contribution in [3.8, 4) is 11.3 Å². The van der Waals surface area contributed by atoms with E-state index in [0.29, 0.717) is 35.3 Å². The van der Waals surface area contributed by atoms with Crippen LogP contribution < -0.4 is 21.4 Å². The van der Waals surface area contributed by atoms with E-state index >= 15 is 0 Å². The summed E-state index contributed by atoms with van der Waals surface area (Å²) < 4.78 is 10.1. The predicted molar refractivity (Wildman–Crippen MR) is 164 cm³/mol. The molecule has 1 aliphatic heterocycles. The summed E-state index contributed by atoms with van der Waals surface area (Å²) in [5.74, 6) is 0.700. The minimum Gasteiger partial charge on any atom is -0.396 e. The van der Waals surface area contributed by atoms with E-state index in [-0.39, 0.29) is 5.91 Å². The van der Waals surface area contributed by atoms with Crippen LogP contribution in [0.2, 0.25) is 0 Å². The van der Waals surface area contributed by atoms with Crippen LogP contribution in [0.3, 0.4) is 0 Å². The number of nitrogens with zero attached hydrogens (tertiary/aromatic N) is 5. The molecule has 6 rings (SSSR count). The lowest BCUT2D eigenvalue weighted by Crippen LogP contribution is -2.46. The first kappa shape index (κ1) is 27.9. The lowest BCUT2D eigenvalue weighted by Gasteiger charge is -2.35. The maximum absolute atomic E-state index is 13.1. The number of aromatic nitrogens is 3. The SMILES string of the molecule is Cc1ccc(NC(=O)c2ccc(N3CCN(Cc4oc(=O)oc4C)CC3)cc2)cc1Nc1nccc(-c2cccnc2)n1. The number of anilines is 4. The molecular weight excluding hydrogens is 546 g/mol. The predicted octanol–water partition coefficient (Wildman–Crippen LogP) is 5.02. The molecule has 4 heterocycles. The fourth-order valence-corrected chi connectivity index (χ4v) is 4.96. The van der Waals surface area contributed by atoms with Gasteiger partial charge in [0, 0.05) is 73.0 Å². The normalized spacial score (nSPS) is 13.6. The van der Waals surface area contributed by atoms with Crippen LogP contribution in [-0.4, -0.2) is 51.9 Å². The van der Waals surface area contributed by atoms with E-state index in [0.717, 1.165) is 54.4 Å². The number of hydrogen-bond acceptors (Lipinski definition) is 10. The van der Waals surface area contributed by atoms with Crippen LogP contribution in [-0.2, 0) is 6.54 Å². The van der Waals surface area contributed by atoms with Gasteiger partial charge in [0.25, 0.3) is 5.91 Å². The number of carbonyl (C=O) groups excluding carboxylic acids is 1. The zero-order chi connectivity index (χ0) is 29.8.